The van der Waals surface area contributed by atoms with Gasteiger partial charge in [-0.2, -0.15) is 0 Å². The van der Waals surface area contributed by atoms with Gasteiger partial charge in [-0.3, -0.25) is 9.69 Å². The minimum Gasteiger partial charge on any atom is -0.355 e. The van der Waals surface area contributed by atoms with Crippen LogP contribution in [0.5, 0.6) is 0 Å². The summed E-state index contributed by atoms with van der Waals surface area (Å²) in [5.74, 6) is 1.34. The molecule has 0 bridgehead atoms. The summed E-state index contributed by atoms with van der Waals surface area (Å²) in [6, 6.07) is 0. The third-order valence-electron chi connectivity index (χ3n) is 2.72. The first-order valence-corrected chi connectivity index (χ1v) is 5.77. The van der Waals surface area contributed by atoms with Crippen molar-refractivity contribution in [3.8, 4) is 0 Å². The van der Waals surface area contributed by atoms with Crippen molar-refractivity contribution in [1.29, 1.82) is 0 Å². The first kappa shape index (κ1) is 12.5. The molecule has 1 fully saturated rings. The van der Waals surface area contributed by atoms with E-state index in [1.807, 2.05) is 11.9 Å². The van der Waals surface area contributed by atoms with Crippen LogP contribution in [0.25, 0.3) is 0 Å². The number of hydrogen-bond acceptors (Lipinski definition) is 3. The Balaban J connectivity index is 2.06. The lowest BCUT2D eigenvalue weighted by atomic mass is 10.2. The third-order valence-corrected chi connectivity index (χ3v) is 2.72. The topological polar surface area (TPSA) is 58.4 Å². The monoisotopic (exact) mass is 213 g/mol. The van der Waals surface area contributed by atoms with Crippen LogP contribution in [0.4, 0.5) is 0 Å². The molecule has 0 aromatic heterocycles. The van der Waals surface area contributed by atoms with E-state index >= 15 is 0 Å². The number of nitrogens with one attached hydrogen (secondary N) is 1. The highest BCUT2D eigenvalue weighted by Gasteiger charge is 2.21. The van der Waals surface area contributed by atoms with Gasteiger partial charge in [0.1, 0.15) is 0 Å². The second-order valence-electron chi connectivity index (χ2n) is 4.79. The molecular weight excluding hydrogens is 190 g/mol. The summed E-state index contributed by atoms with van der Waals surface area (Å²) in [7, 11) is 1.96. The van der Waals surface area contributed by atoms with E-state index < -0.39 is 0 Å². The van der Waals surface area contributed by atoms with Gasteiger partial charge in [0.15, 0.2) is 0 Å². The summed E-state index contributed by atoms with van der Waals surface area (Å²) >= 11 is 0. The fourth-order valence-corrected chi connectivity index (χ4v) is 1.55. The SMILES string of the molecule is CC(CN)CN(C)CC(=O)NCC1CC1. The van der Waals surface area contributed by atoms with Crippen LogP contribution in [0.3, 0.4) is 0 Å². The number of nitrogens with zero attached hydrogens (tertiary/aromatic N) is 1. The van der Waals surface area contributed by atoms with Gasteiger partial charge in [0, 0.05) is 13.1 Å². The van der Waals surface area contributed by atoms with Crippen molar-refractivity contribution in [2.75, 3.05) is 33.2 Å². The molecule has 1 unspecified atom stereocenters. The highest BCUT2D eigenvalue weighted by Crippen LogP contribution is 2.27. The molecule has 1 amide bonds. The minimum atomic E-state index is 0.133. The lowest BCUT2D eigenvalue weighted by molar-refractivity contribution is -0.122. The number of likely N-dealkylation sites (N-methyl/N-ethyl adjacent to an activating group) is 1. The normalized spacial score (nSPS) is 17.9. The van der Waals surface area contributed by atoms with Gasteiger partial charge in [-0.05, 0) is 38.3 Å². The summed E-state index contributed by atoms with van der Waals surface area (Å²) < 4.78 is 0. The molecule has 1 aliphatic rings. The van der Waals surface area contributed by atoms with Gasteiger partial charge in [-0.1, -0.05) is 6.92 Å². The molecule has 4 heteroatoms. The van der Waals surface area contributed by atoms with Gasteiger partial charge in [-0.15, -0.1) is 0 Å². The molecule has 0 aliphatic heterocycles. The molecule has 1 atom stereocenters. The lowest BCUT2D eigenvalue weighted by Gasteiger charge is -2.19. The molecule has 4 nitrogen and oxygen atoms in total. The van der Waals surface area contributed by atoms with Crippen molar-refractivity contribution in [1.82, 2.24) is 10.2 Å². The van der Waals surface area contributed by atoms with Crippen molar-refractivity contribution in [2.24, 2.45) is 17.6 Å². The van der Waals surface area contributed by atoms with E-state index in [1.54, 1.807) is 0 Å². The second kappa shape index (κ2) is 6.08. The standard InChI is InChI=1S/C11H23N3O/c1-9(5-12)7-14(2)8-11(15)13-6-10-3-4-10/h9-10H,3-8,12H2,1-2H3,(H,13,15). The summed E-state index contributed by atoms with van der Waals surface area (Å²) in [6.45, 7) is 5.00. The number of carbonyl (C=O) groups is 1. The van der Waals surface area contributed by atoms with Crippen LogP contribution in [0.2, 0.25) is 0 Å². The van der Waals surface area contributed by atoms with Gasteiger partial charge in [-0.25, -0.2) is 0 Å². The number of hydrogen-bond donors (Lipinski definition) is 2. The Hall–Kier alpha value is -0.610. The van der Waals surface area contributed by atoms with E-state index in [0.29, 0.717) is 19.0 Å². The quantitative estimate of drug-likeness (QED) is 0.628. The molecule has 0 spiro atoms. The average Bonchev–Trinajstić information content (AvgIpc) is 2.97. The maximum absolute atomic E-state index is 11.5. The zero-order valence-electron chi connectivity index (χ0n) is 9.83. The van der Waals surface area contributed by atoms with Crippen molar-refractivity contribution >= 4 is 5.91 Å². The molecule has 15 heavy (non-hydrogen) atoms. The molecule has 0 radical (unpaired) electrons. The largest absolute Gasteiger partial charge is 0.355 e. The summed E-state index contributed by atoms with van der Waals surface area (Å²) in [5, 5.41) is 2.95. The van der Waals surface area contributed by atoms with Crippen LogP contribution < -0.4 is 11.1 Å². The molecule has 1 rings (SSSR count). The van der Waals surface area contributed by atoms with Gasteiger partial charge in [0.2, 0.25) is 5.91 Å². The molecular formula is C11H23N3O. The van der Waals surface area contributed by atoms with E-state index in [0.717, 1.165) is 19.0 Å². The van der Waals surface area contributed by atoms with Crippen molar-refractivity contribution in [3.63, 3.8) is 0 Å². The Morgan fingerprint density at radius 2 is 2.27 bits per heavy atom. The highest BCUT2D eigenvalue weighted by molar-refractivity contribution is 5.77. The van der Waals surface area contributed by atoms with Gasteiger partial charge >= 0.3 is 0 Å². The number of carbonyl (C=O) groups excluding carboxylic acids is 1. The molecule has 1 aliphatic carbocycles. The molecule has 0 saturated heterocycles. The van der Waals surface area contributed by atoms with Crippen molar-refractivity contribution < 1.29 is 4.79 Å². The summed E-state index contributed by atoms with van der Waals surface area (Å²) in [6.07, 6.45) is 2.56. The lowest BCUT2D eigenvalue weighted by Crippen LogP contribution is -2.38. The Bertz CT molecular complexity index is 204. The Labute approximate surface area is 92.2 Å². The van der Waals surface area contributed by atoms with E-state index in [4.69, 9.17) is 5.73 Å². The van der Waals surface area contributed by atoms with E-state index in [2.05, 4.69) is 12.2 Å². The molecule has 3 N–H and O–H groups in total. The van der Waals surface area contributed by atoms with Gasteiger partial charge < -0.3 is 11.1 Å². The third kappa shape index (κ3) is 5.74. The number of nitrogens with two attached hydrogens (primary N) is 1. The first-order chi connectivity index (χ1) is 7.11. The zero-order chi connectivity index (χ0) is 11.3. The molecule has 1 saturated carbocycles. The molecule has 88 valence electrons. The van der Waals surface area contributed by atoms with E-state index in [9.17, 15) is 4.79 Å². The van der Waals surface area contributed by atoms with Crippen LogP contribution in [0.15, 0.2) is 0 Å². The maximum atomic E-state index is 11.5. The summed E-state index contributed by atoms with van der Waals surface area (Å²) in [4.78, 5) is 13.5. The number of rotatable bonds is 7. The fraction of sp³-hybridized carbons (Fsp3) is 0.909. The van der Waals surface area contributed by atoms with Gasteiger partial charge in [0.05, 0.1) is 6.54 Å². The molecule has 0 heterocycles. The predicted octanol–water partition coefficient (Wildman–Crippen LogP) is 0.0392. The zero-order valence-corrected chi connectivity index (χ0v) is 9.83. The van der Waals surface area contributed by atoms with E-state index in [-0.39, 0.29) is 5.91 Å². The second-order valence-corrected chi connectivity index (χ2v) is 4.79. The summed E-state index contributed by atoms with van der Waals surface area (Å²) in [5.41, 5.74) is 5.53. The van der Waals surface area contributed by atoms with Crippen LogP contribution in [-0.4, -0.2) is 44.0 Å². The Kier molecular flexibility index (Phi) is 5.05. The first-order valence-electron chi connectivity index (χ1n) is 5.77. The fourth-order valence-electron chi connectivity index (χ4n) is 1.55. The maximum Gasteiger partial charge on any atom is 0.234 e. The molecule has 0 aromatic rings. The predicted molar refractivity (Wildman–Crippen MR) is 61.4 cm³/mol. The number of amides is 1. The van der Waals surface area contributed by atoms with Crippen LogP contribution >= 0.6 is 0 Å². The Morgan fingerprint density at radius 3 is 2.80 bits per heavy atom. The average molecular weight is 213 g/mol. The van der Waals surface area contributed by atoms with Crippen LogP contribution in [0.1, 0.15) is 19.8 Å². The minimum absolute atomic E-state index is 0.133. The van der Waals surface area contributed by atoms with Crippen molar-refractivity contribution in [2.45, 2.75) is 19.8 Å². The molecule has 0 aromatic carbocycles. The van der Waals surface area contributed by atoms with Crippen LogP contribution in [0, 0.1) is 11.8 Å². The highest BCUT2D eigenvalue weighted by atomic mass is 16.2. The van der Waals surface area contributed by atoms with Crippen molar-refractivity contribution in [3.05, 3.63) is 0 Å². The van der Waals surface area contributed by atoms with Gasteiger partial charge in [0.25, 0.3) is 0 Å². The smallest absolute Gasteiger partial charge is 0.234 e. The Morgan fingerprint density at radius 1 is 1.60 bits per heavy atom. The van der Waals surface area contributed by atoms with E-state index in [1.165, 1.54) is 12.8 Å². The van der Waals surface area contributed by atoms with Crippen LogP contribution in [-0.2, 0) is 4.79 Å².